The van der Waals surface area contributed by atoms with Crippen LogP contribution in [0.15, 0.2) is 35.3 Å². The van der Waals surface area contributed by atoms with Gasteiger partial charge in [0.15, 0.2) is 5.96 Å². The number of carbonyl (C=O) groups excluding carboxylic acids is 3. The van der Waals surface area contributed by atoms with E-state index in [9.17, 15) is 24.3 Å². The van der Waals surface area contributed by atoms with Gasteiger partial charge in [-0.15, -0.1) is 0 Å². The lowest BCUT2D eigenvalue weighted by Gasteiger charge is -2.23. The zero-order valence-electron chi connectivity index (χ0n) is 21.2. The number of nitrogens with zero attached hydrogens (tertiary/aromatic N) is 1. The number of hydrogen-bond acceptors (Lipinski definition) is 7. The van der Waals surface area contributed by atoms with Gasteiger partial charge in [0, 0.05) is 13.0 Å². The molecule has 0 aliphatic rings. The second kappa shape index (κ2) is 16.9. The minimum absolute atomic E-state index is 0.0775. The molecule has 3 amide bonds. The number of carboxylic acids is 1. The van der Waals surface area contributed by atoms with Gasteiger partial charge in [-0.1, -0.05) is 36.8 Å². The molecule has 0 heterocycles. The van der Waals surface area contributed by atoms with Crippen LogP contribution < -0.4 is 38.9 Å². The van der Waals surface area contributed by atoms with E-state index in [-0.39, 0.29) is 25.3 Å². The van der Waals surface area contributed by atoms with Crippen molar-refractivity contribution in [3.63, 3.8) is 0 Å². The summed E-state index contributed by atoms with van der Waals surface area (Å²) in [5.41, 5.74) is 22.8. The largest absolute Gasteiger partial charge is 0.480 e. The summed E-state index contributed by atoms with van der Waals surface area (Å²) in [6.07, 6.45) is 2.42. The Morgan fingerprint density at radius 1 is 0.892 bits per heavy atom. The standard InChI is InChI=1S/C24H40N8O5/c1-15(20(33)32-19(23(36)37)14-16-8-3-2-4-9-16)30-22(35)18(11-7-13-29-24(27)28)31-21(34)17(26)10-5-6-12-25/h2-4,8-9,15,17-19H,5-7,10-14,25-26H2,1H3,(H,30,35)(H,31,34)(H,32,33)(H,36,37)(H4,27,28,29). The zero-order chi connectivity index (χ0) is 27.8. The van der Waals surface area contributed by atoms with E-state index in [0.29, 0.717) is 25.8 Å². The highest BCUT2D eigenvalue weighted by Crippen LogP contribution is 2.05. The number of benzene rings is 1. The highest BCUT2D eigenvalue weighted by atomic mass is 16.4. The number of guanidine groups is 1. The second-order valence-electron chi connectivity index (χ2n) is 8.72. The third-order valence-corrected chi connectivity index (χ3v) is 5.53. The summed E-state index contributed by atoms with van der Waals surface area (Å²) in [5.74, 6) is -3.11. The molecule has 4 atom stereocenters. The molecule has 4 unspecified atom stereocenters. The van der Waals surface area contributed by atoms with Gasteiger partial charge in [-0.05, 0) is 44.7 Å². The van der Waals surface area contributed by atoms with Crippen LogP contribution in [0.25, 0.3) is 0 Å². The molecule has 1 aromatic rings. The number of amides is 3. The highest BCUT2D eigenvalue weighted by molar-refractivity contribution is 5.93. The lowest BCUT2D eigenvalue weighted by atomic mass is 10.1. The van der Waals surface area contributed by atoms with Crippen LogP contribution in [0.5, 0.6) is 0 Å². The molecule has 1 aromatic carbocycles. The smallest absolute Gasteiger partial charge is 0.326 e. The number of aliphatic carboxylic acids is 1. The van der Waals surface area contributed by atoms with Crippen molar-refractivity contribution in [1.82, 2.24) is 16.0 Å². The second-order valence-corrected chi connectivity index (χ2v) is 8.72. The van der Waals surface area contributed by atoms with Crippen LogP contribution in [-0.4, -0.2) is 72.0 Å². The monoisotopic (exact) mass is 520 g/mol. The predicted octanol–water partition coefficient (Wildman–Crippen LogP) is -1.70. The van der Waals surface area contributed by atoms with E-state index >= 15 is 0 Å². The number of unbranched alkanes of at least 4 members (excludes halogenated alkanes) is 1. The number of hydrogen-bond donors (Lipinski definition) is 8. The van der Waals surface area contributed by atoms with Crippen LogP contribution in [-0.2, 0) is 25.6 Å². The number of carboxylic acid groups (broad SMARTS) is 1. The molecule has 206 valence electrons. The maximum absolute atomic E-state index is 13.0. The van der Waals surface area contributed by atoms with Gasteiger partial charge in [0.2, 0.25) is 17.7 Å². The maximum Gasteiger partial charge on any atom is 0.326 e. The molecule has 37 heavy (non-hydrogen) atoms. The number of nitrogens with two attached hydrogens (primary N) is 4. The predicted molar refractivity (Wildman–Crippen MR) is 140 cm³/mol. The van der Waals surface area contributed by atoms with Gasteiger partial charge in [-0.25, -0.2) is 4.79 Å². The van der Waals surface area contributed by atoms with E-state index in [4.69, 9.17) is 22.9 Å². The molecule has 12 N–H and O–H groups in total. The van der Waals surface area contributed by atoms with Gasteiger partial charge in [-0.3, -0.25) is 19.4 Å². The molecule has 0 spiro atoms. The number of aliphatic imine (C=N–C) groups is 1. The first-order chi connectivity index (χ1) is 17.5. The Kier molecular flexibility index (Phi) is 14.3. The first-order valence-electron chi connectivity index (χ1n) is 12.2. The van der Waals surface area contributed by atoms with Crippen LogP contribution in [0.4, 0.5) is 0 Å². The van der Waals surface area contributed by atoms with Crippen molar-refractivity contribution < 1.29 is 24.3 Å². The third-order valence-electron chi connectivity index (χ3n) is 5.53. The third kappa shape index (κ3) is 12.7. The topological polar surface area (TPSA) is 241 Å². The minimum Gasteiger partial charge on any atom is -0.480 e. The fraction of sp³-hybridized carbons (Fsp3) is 0.542. The van der Waals surface area contributed by atoms with Crippen LogP contribution in [0.1, 0.15) is 44.6 Å². The average molecular weight is 521 g/mol. The first kappa shape index (κ1) is 31.3. The Balaban J connectivity index is 2.80. The summed E-state index contributed by atoms with van der Waals surface area (Å²) < 4.78 is 0. The summed E-state index contributed by atoms with van der Waals surface area (Å²) in [6, 6.07) is 4.76. The van der Waals surface area contributed by atoms with Crippen LogP contribution in [0.2, 0.25) is 0 Å². The van der Waals surface area contributed by atoms with E-state index in [1.807, 2.05) is 0 Å². The van der Waals surface area contributed by atoms with E-state index in [1.54, 1.807) is 30.3 Å². The Hall–Kier alpha value is -3.71. The van der Waals surface area contributed by atoms with E-state index < -0.39 is 47.9 Å². The van der Waals surface area contributed by atoms with Gasteiger partial charge in [0.1, 0.15) is 18.1 Å². The van der Waals surface area contributed by atoms with Gasteiger partial charge in [0.05, 0.1) is 6.04 Å². The van der Waals surface area contributed by atoms with Crippen molar-refractivity contribution in [3.8, 4) is 0 Å². The van der Waals surface area contributed by atoms with Crippen LogP contribution in [0, 0.1) is 0 Å². The molecule has 13 heteroatoms. The molecule has 0 aromatic heterocycles. The van der Waals surface area contributed by atoms with Crippen LogP contribution >= 0.6 is 0 Å². The summed E-state index contributed by atoms with van der Waals surface area (Å²) >= 11 is 0. The quantitative estimate of drug-likeness (QED) is 0.0662. The average Bonchev–Trinajstić information content (AvgIpc) is 2.85. The maximum atomic E-state index is 13.0. The number of nitrogens with one attached hydrogen (secondary N) is 3. The molecular weight excluding hydrogens is 480 g/mol. The summed E-state index contributed by atoms with van der Waals surface area (Å²) in [6.45, 7) is 2.14. The Morgan fingerprint density at radius 3 is 2.14 bits per heavy atom. The lowest BCUT2D eigenvalue weighted by molar-refractivity contribution is -0.142. The number of carbonyl (C=O) groups is 4. The molecule has 0 radical (unpaired) electrons. The highest BCUT2D eigenvalue weighted by Gasteiger charge is 2.28. The van der Waals surface area contributed by atoms with Crippen molar-refractivity contribution in [3.05, 3.63) is 35.9 Å². The summed E-state index contributed by atoms with van der Waals surface area (Å²) in [5, 5.41) is 17.1. The van der Waals surface area contributed by atoms with Gasteiger partial charge < -0.3 is 44.0 Å². The normalized spacial score (nSPS) is 13.9. The summed E-state index contributed by atoms with van der Waals surface area (Å²) in [4.78, 5) is 53.7. The molecular formula is C24H40N8O5. The van der Waals surface area contributed by atoms with Gasteiger partial charge in [-0.2, -0.15) is 0 Å². The SMILES string of the molecule is CC(NC(=O)C(CCCN=C(N)N)NC(=O)C(N)CCCCN)C(=O)NC(Cc1ccccc1)C(=O)O. The Labute approximate surface area is 216 Å². The zero-order valence-corrected chi connectivity index (χ0v) is 21.2. The molecule has 0 aliphatic carbocycles. The fourth-order valence-corrected chi connectivity index (χ4v) is 3.42. The van der Waals surface area contributed by atoms with Crippen molar-refractivity contribution in [2.75, 3.05) is 13.1 Å². The lowest BCUT2D eigenvalue weighted by Crippen LogP contribution is -2.56. The van der Waals surface area contributed by atoms with Gasteiger partial charge in [0.25, 0.3) is 0 Å². The fourth-order valence-electron chi connectivity index (χ4n) is 3.42. The van der Waals surface area contributed by atoms with E-state index in [1.165, 1.54) is 6.92 Å². The van der Waals surface area contributed by atoms with Gasteiger partial charge >= 0.3 is 5.97 Å². The molecule has 0 saturated heterocycles. The molecule has 13 nitrogen and oxygen atoms in total. The molecule has 0 saturated carbocycles. The minimum atomic E-state index is -1.20. The molecule has 0 aliphatic heterocycles. The molecule has 0 fully saturated rings. The van der Waals surface area contributed by atoms with Crippen molar-refractivity contribution in [2.45, 2.75) is 69.6 Å². The Bertz CT molecular complexity index is 908. The van der Waals surface area contributed by atoms with Crippen molar-refractivity contribution in [2.24, 2.45) is 27.9 Å². The molecule has 1 rings (SSSR count). The Morgan fingerprint density at radius 2 is 1.54 bits per heavy atom. The van der Waals surface area contributed by atoms with Crippen LogP contribution in [0.3, 0.4) is 0 Å². The molecule has 0 bridgehead atoms. The first-order valence-corrected chi connectivity index (χ1v) is 12.2. The van der Waals surface area contributed by atoms with Crippen molar-refractivity contribution in [1.29, 1.82) is 0 Å². The van der Waals surface area contributed by atoms with E-state index in [2.05, 4.69) is 20.9 Å². The summed E-state index contributed by atoms with van der Waals surface area (Å²) in [7, 11) is 0. The number of rotatable bonds is 17. The van der Waals surface area contributed by atoms with E-state index in [0.717, 1.165) is 12.0 Å². The van der Waals surface area contributed by atoms with Crippen molar-refractivity contribution >= 4 is 29.7 Å².